The van der Waals surface area contributed by atoms with Crippen molar-refractivity contribution >= 4 is 28.9 Å². The minimum atomic E-state index is -0.669. The standard InChI is InChI=1S/C23H22ClN3O2/c1-14(23(25)28)29-18-10-8-17(9-11-18)26-22-13-21(15-4-2-5-16(24)12-15)27-20-7-3-6-19(20)22/h2,4-5,8-14H,3,6-7H2,1H3,(H2,25,28)(H,26,27). The molecule has 0 bridgehead atoms. The average molecular weight is 408 g/mol. The van der Waals surface area contributed by atoms with Gasteiger partial charge in [-0.1, -0.05) is 23.7 Å². The van der Waals surface area contributed by atoms with Crippen LogP contribution in [0.1, 0.15) is 24.6 Å². The number of hydrogen-bond donors (Lipinski definition) is 2. The van der Waals surface area contributed by atoms with Crippen molar-refractivity contribution in [2.75, 3.05) is 5.32 Å². The van der Waals surface area contributed by atoms with E-state index in [0.717, 1.165) is 47.6 Å². The minimum absolute atomic E-state index is 0.493. The first-order valence-electron chi connectivity index (χ1n) is 9.61. The molecule has 4 rings (SSSR count). The maximum atomic E-state index is 11.2. The molecule has 1 unspecified atom stereocenters. The third kappa shape index (κ3) is 4.35. The molecule has 1 atom stereocenters. The highest BCUT2D eigenvalue weighted by atomic mass is 35.5. The van der Waals surface area contributed by atoms with Crippen molar-refractivity contribution in [3.63, 3.8) is 0 Å². The Kier molecular flexibility index (Phi) is 5.41. The molecule has 1 aromatic heterocycles. The molecule has 1 amide bonds. The number of carbonyl (C=O) groups excluding carboxylic acids is 1. The quantitative estimate of drug-likeness (QED) is 0.610. The van der Waals surface area contributed by atoms with E-state index in [2.05, 4.69) is 11.4 Å². The topological polar surface area (TPSA) is 77.2 Å². The fourth-order valence-electron chi connectivity index (χ4n) is 3.48. The lowest BCUT2D eigenvalue weighted by Crippen LogP contribution is -2.30. The summed E-state index contributed by atoms with van der Waals surface area (Å²) >= 11 is 6.17. The number of amides is 1. The molecule has 0 fully saturated rings. The van der Waals surface area contributed by atoms with E-state index in [1.165, 1.54) is 5.56 Å². The monoisotopic (exact) mass is 407 g/mol. The molecule has 3 aromatic rings. The largest absolute Gasteiger partial charge is 0.481 e. The normalized spacial score (nSPS) is 13.6. The van der Waals surface area contributed by atoms with Crippen LogP contribution in [0.25, 0.3) is 11.3 Å². The van der Waals surface area contributed by atoms with Crippen molar-refractivity contribution < 1.29 is 9.53 Å². The second-order valence-electron chi connectivity index (χ2n) is 7.16. The van der Waals surface area contributed by atoms with Gasteiger partial charge in [0.1, 0.15) is 5.75 Å². The zero-order chi connectivity index (χ0) is 20.4. The molecule has 0 aliphatic heterocycles. The van der Waals surface area contributed by atoms with Gasteiger partial charge in [-0.15, -0.1) is 0 Å². The summed E-state index contributed by atoms with van der Waals surface area (Å²) < 4.78 is 5.52. The van der Waals surface area contributed by atoms with Crippen molar-refractivity contribution in [3.05, 3.63) is 70.9 Å². The van der Waals surface area contributed by atoms with Gasteiger partial charge in [-0.3, -0.25) is 9.78 Å². The second-order valence-corrected chi connectivity index (χ2v) is 7.59. The molecule has 0 radical (unpaired) electrons. The van der Waals surface area contributed by atoms with E-state index in [9.17, 15) is 4.79 Å². The predicted octanol–water partition coefficient (Wildman–Crippen LogP) is 4.89. The van der Waals surface area contributed by atoms with Crippen LogP contribution in [0.15, 0.2) is 54.6 Å². The first-order valence-corrected chi connectivity index (χ1v) is 9.99. The number of fused-ring (bicyclic) bond motifs is 1. The molecule has 0 spiro atoms. The van der Waals surface area contributed by atoms with Crippen molar-refractivity contribution in [1.82, 2.24) is 4.98 Å². The van der Waals surface area contributed by atoms with Crippen molar-refractivity contribution in [3.8, 4) is 17.0 Å². The SMILES string of the molecule is CC(Oc1ccc(Nc2cc(-c3cccc(Cl)c3)nc3c2CCC3)cc1)C(N)=O. The zero-order valence-corrected chi connectivity index (χ0v) is 16.9. The molecule has 1 aliphatic rings. The fourth-order valence-corrected chi connectivity index (χ4v) is 3.67. The number of halogens is 1. The van der Waals surface area contributed by atoms with Crippen LogP contribution in [0.3, 0.4) is 0 Å². The molecule has 1 heterocycles. The lowest BCUT2D eigenvalue weighted by atomic mass is 10.1. The number of benzene rings is 2. The van der Waals surface area contributed by atoms with Gasteiger partial charge in [0.2, 0.25) is 0 Å². The van der Waals surface area contributed by atoms with Crippen LogP contribution < -0.4 is 15.8 Å². The number of nitrogens with one attached hydrogen (secondary N) is 1. The minimum Gasteiger partial charge on any atom is -0.481 e. The molecule has 0 saturated carbocycles. The number of rotatable bonds is 6. The van der Waals surface area contributed by atoms with Gasteiger partial charge in [-0.05, 0) is 74.2 Å². The van der Waals surface area contributed by atoms with E-state index in [1.807, 2.05) is 48.5 Å². The van der Waals surface area contributed by atoms with E-state index in [-0.39, 0.29) is 0 Å². The van der Waals surface area contributed by atoms with Crippen molar-refractivity contribution in [2.45, 2.75) is 32.3 Å². The van der Waals surface area contributed by atoms with Crippen LogP contribution in [0.2, 0.25) is 5.02 Å². The van der Waals surface area contributed by atoms with E-state index in [4.69, 9.17) is 27.1 Å². The van der Waals surface area contributed by atoms with E-state index < -0.39 is 12.0 Å². The molecule has 1 aliphatic carbocycles. The molecule has 29 heavy (non-hydrogen) atoms. The first kappa shape index (κ1) is 19.3. The Morgan fingerprint density at radius 2 is 1.97 bits per heavy atom. The third-order valence-corrected chi connectivity index (χ3v) is 5.25. The Morgan fingerprint density at radius 3 is 2.69 bits per heavy atom. The van der Waals surface area contributed by atoms with Gasteiger partial charge >= 0.3 is 0 Å². The predicted molar refractivity (Wildman–Crippen MR) is 116 cm³/mol. The van der Waals surface area contributed by atoms with Crippen LogP contribution in [-0.2, 0) is 17.6 Å². The zero-order valence-electron chi connectivity index (χ0n) is 16.1. The van der Waals surface area contributed by atoms with Gasteiger partial charge in [-0.2, -0.15) is 0 Å². The van der Waals surface area contributed by atoms with Crippen LogP contribution in [0, 0.1) is 0 Å². The number of ether oxygens (including phenoxy) is 1. The lowest BCUT2D eigenvalue weighted by Gasteiger charge is -2.15. The highest BCUT2D eigenvalue weighted by molar-refractivity contribution is 6.30. The Morgan fingerprint density at radius 1 is 1.17 bits per heavy atom. The molecule has 148 valence electrons. The highest BCUT2D eigenvalue weighted by Crippen LogP contribution is 2.34. The summed E-state index contributed by atoms with van der Waals surface area (Å²) in [4.78, 5) is 16.0. The number of nitrogens with zero attached hydrogens (tertiary/aromatic N) is 1. The fraction of sp³-hybridized carbons (Fsp3) is 0.217. The van der Waals surface area contributed by atoms with Crippen LogP contribution in [0.5, 0.6) is 5.75 Å². The summed E-state index contributed by atoms with van der Waals surface area (Å²) in [6, 6.07) is 17.3. The maximum absolute atomic E-state index is 11.2. The smallest absolute Gasteiger partial charge is 0.258 e. The molecular weight excluding hydrogens is 386 g/mol. The lowest BCUT2D eigenvalue weighted by molar-refractivity contribution is -0.123. The number of hydrogen-bond acceptors (Lipinski definition) is 4. The molecule has 2 aromatic carbocycles. The number of anilines is 2. The van der Waals surface area contributed by atoms with Crippen molar-refractivity contribution in [2.24, 2.45) is 5.73 Å². The second kappa shape index (κ2) is 8.13. The summed E-state index contributed by atoms with van der Waals surface area (Å²) in [5.74, 6) is 0.106. The number of carbonyl (C=O) groups is 1. The number of pyridine rings is 1. The number of primary amides is 1. The first-order chi connectivity index (χ1) is 14.0. The summed E-state index contributed by atoms with van der Waals surface area (Å²) in [6.45, 7) is 1.63. The summed E-state index contributed by atoms with van der Waals surface area (Å²) in [7, 11) is 0. The Labute approximate surface area is 174 Å². The molecule has 0 saturated heterocycles. The van der Waals surface area contributed by atoms with Gasteiger partial charge < -0.3 is 15.8 Å². The summed E-state index contributed by atoms with van der Waals surface area (Å²) in [6.07, 6.45) is 2.43. The number of nitrogens with two attached hydrogens (primary N) is 1. The third-order valence-electron chi connectivity index (χ3n) is 5.02. The molecular formula is C23H22ClN3O2. The maximum Gasteiger partial charge on any atom is 0.258 e. The van der Waals surface area contributed by atoms with Gasteiger partial charge in [0.05, 0.1) is 5.69 Å². The van der Waals surface area contributed by atoms with E-state index in [0.29, 0.717) is 10.8 Å². The Bertz CT molecular complexity index is 1050. The van der Waals surface area contributed by atoms with Gasteiger partial charge in [-0.25, -0.2) is 0 Å². The summed E-state index contributed by atoms with van der Waals surface area (Å²) in [5.41, 5.74) is 11.5. The highest BCUT2D eigenvalue weighted by Gasteiger charge is 2.19. The van der Waals surface area contributed by atoms with Crippen LogP contribution in [-0.4, -0.2) is 17.0 Å². The Hall–Kier alpha value is -3.05. The van der Waals surface area contributed by atoms with E-state index in [1.54, 1.807) is 6.92 Å². The number of aromatic nitrogens is 1. The molecule has 5 nitrogen and oxygen atoms in total. The van der Waals surface area contributed by atoms with Gasteiger partial charge in [0.25, 0.3) is 5.91 Å². The van der Waals surface area contributed by atoms with Crippen LogP contribution >= 0.6 is 11.6 Å². The number of aryl methyl sites for hydroxylation is 1. The van der Waals surface area contributed by atoms with Gasteiger partial charge in [0.15, 0.2) is 6.10 Å². The summed E-state index contributed by atoms with van der Waals surface area (Å²) in [5, 5.41) is 4.21. The average Bonchev–Trinajstić information content (AvgIpc) is 3.18. The molecule has 3 N–H and O–H groups in total. The Balaban J connectivity index is 1.61. The van der Waals surface area contributed by atoms with E-state index >= 15 is 0 Å². The van der Waals surface area contributed by atoms with Gasteiger partial charge in [0, 0.05) is 27.7 Å². The van der Waals surface area contributed by atoms with Crippen molar-refractivity contribution in [1.29, 1.82) is 0 Å². The van der Waals surface area contributed by atoms with Crippen LogP contribution in [0.4, 0.5) is 11.4 Å². The molecule has 6 heteroatoms.